The van der Waals surface area contributed by atoms with Crippen LogP contribution in [0.3, 0.4) is 0 Å². The number of halogens is 1. The quantitative estimate of drug-likeness (QED) is 0.777. The first-order valence-corrected chi connectivity index (χ1v) is 11.1. The highest BCUT2D eigenvalue weighted by atomic mass is 35.5. The Balaban J connectivity index is 1.28. The van der Waals surface area contributed by atoms with Crippen LogP contribution in [0.2, 0.25) is 5.02 Å². The van der Waals surface area contributed by atoms with Gasteiger partial charge in [-0.05, 0) is 42.7 Å². The third-order valence-electron chi connectivity index (χ3n) is 6.48. The molecule has 29 heavy (non-hydrogen) atoms. The van der Waals surface area contributed by atoms with Crippen LogP contribution in [-0.4, -0.2) is 50.1 Å². The van der Waals surface area contributed by atoms with Gasteiger partial charge in [-0.1, -0.05) is 54.8 Å². The van der Waals surface area contributed by atoms with Crippen molar-refractivity contribution in [3.63, 3.8) is 0 Å². The van der Waals surface area contributed by atoms with E-state index in [0.717, 1.165) is 64.0 Å². The number of para-hydroxylation sites is 1. The van der Waals surface area contributed by atoms with Crippen LogP contribution in [-0.2, 0) is 10.2 Å². The minimum absolute atomic E-state index is 0.167. The second kappa shape index (κ2) is 9.19. The van der Waals surface area contributed by atoms with Gasteiger partial charge >= 0.3 is 0 Å². The molecule has 0 radical (unpaired) electrons. The van der Waals surface area contributed by atoms with Crippen molar-refractivity contribution >= 4 is 23.2 Å². The Morgan fingerprint density at radius 3 is 2.38 bits per heavy atom. The fourth-order valence-corrected chi connectivity index (χ4v) is 4.97. The highest BCUT2D eigenvalue weighted by Gasteiger charge is 2.42. The standard InChI is InChI=1S/C24H30ClN3O/c25-21-8-6-7-20(19-21)24(11-4-5-12-24)23(29)26-13-14-27-15-17-28(18-16-27)22-9-2-1-3-10-22/h1-3,6-10,19H,4-5,11-18H2,(H,26,29). The Bertz CT molecular complexity index is 812. The van der Waals surface area contributed by atoms with Crippen LogP contribution in [0.15, 0.2) is 54.6 Å². The van der Waals surface area contributed by atoms with Crippen molar-refractivity contribution < 1.29 is 4.79 Å². The summed E-state index contributed by atoms with van der Waals surface area (Å²) in [4.78, 5) is 18.1. The molecule has 4 nitrogen and oxygen atoms in total. The number of nitrogens with zero attached hydrogens (tertiary/aromatic N) is 2. The molecule has 1 saturated heterocycles. The SMILES string of the molecule is O=C(NCCN1CCN(c2ccccc2)CC1)C1(c2cccc(Cl)c2)CCCC1. The molecule has 5 heteroatoms. The first-order valence-electron chi connectivity index (χ1n) is 10.7. The maximum Gasteiger partial charge on any atom is 0.230 e. The van der Waals surface area contributed by atoms with E-state index in [1.54, 1.807) is 0 Å². The predicted molar refractivity (Wildman–Crippen MR) is 120 cm³/mol. The Morgan fingerprint density at radius 2 is 1.69 bits per heavy atom. The number of benzene rings is 2. The summed E-state index contributed by atoms with van der Waals surface area (Å²) in [5.41, 5.74) is 1.96. The van der Waals surface area contributed by atoms with Crippen molar-refractivity contribution in [2.45, 2.75) is 31.1 Å². The van der Waals surface area contributed by atoms with Gasteiger partial charge in [0.2, 0.25) is 5.91 Å². The molecule has 1 aliphatic heterocycles. The molecular weight excluding hydrogens is 382 g/mol. The van der Waals surface area contributed by atoms with Gasteiger partial charge in [-0.15, -0.1) is 0 Å². The summed E-state index contributed by atoms with van der Waals surface area (Å²) in [7, 11) is 0. The average molecular weight is 412 g/mol. The number of piperazine rings is 1. The number of carbonyl (C=O) groups excluding carboxylic acids is 1. The molecule has 154 valence electrons. The molecule has 0 bridgehead atoms. The number of amides is 1. The van der Waals surface area contributed by atoms with E-state index in [2.05, 4.69) is 51.5 Å². The normalized spacial score (nSPS) is 19.3. The van der Waals surface area contributed by atoms with E-state index in [9.17, 15) is 4.79 Å². The zero-order valence-corrected chi connectivity index (χ0v) is 17.7. The van der Waals surface area contributed by atoms with E-state index in [1.165, 1.54) is 5.69 Å². The summed E-state index contributed by atoms with van der Waals surface area (Å²) < 4.78 is 0. The maximum atomic E-state index is 13.2. The highest BCUT2D eigenvalue weighted by Crippen LogP contribution is 2.42. The number of hydrogen-bond donors (Lipinski definition) is 1. The summed E-state index contributed by atoms with van der Waals surface area (Å²) in [5, 5.41) is 3.94. The van der Waals surface area contributed by atoms with Crippen molar-refractivity contribution in [3.05, 3.63) is 65.2 Å². The Hall–Kier alpha value is -2.04. The maximum absolute atomic E-state index is 13.2. The van der Waals surface area contributed by atoms with Gasteiger partial charge in [0.05, 0.1) is 5.41 Å². The molecule has 1 amide bonds. The summed E-state index contributed by atoms with van der Waals surface area (Å²) in [6.45, 7) is 5.73. The first-order chi connectivity index (χ1) is 14.2. The van der Waals surface area contributed by atoms with Crippen molar-refractivity contribution in [2.75, 3.05) is 44.2 Å². The summed E-state index contributed by atoms with van der Waals surface area (Å²) in [6.07, 6.45) is 4.02. The van der Waals surface area contributed by atoms with Crippen LogP contribution in [0.25, 0.3) is 0 Å². The molecule has 0 unspecified atom stereocenters. The number of rotatable bonds is 6. The third kappa shape index (κ3) is 4.59. The lowest BCUT2D eigenvalue weighted by Gasteiger charge is -2.36. The molecular formula is C24H30ClN3O. The second-order valence-corrected chi connectivity index (χ2v) is 8.66. The molecule has 2 fully saturated rings. The number of anilines is 1. The van der Waals surface area contributed by atoms with Crippen molar-refractivity contribution in [2.24, 2.45) is 0 Å². The minimum atomic E-state index is -0.406. The van der Waals surface area contributed by atoms with Crippen LogP contribution >= 0.6 is 11.6 Å². The van der Waals surface area contributed by atoms with E-state index in [-0.39, 0.29) is 5.91 Å². The Morgan fingerprint density at radius 1 is 0.966 bits per heavy atom. The van der Waals surface area contributed by atoms with Crippen molar-refractivity contribution in [3.8, 4) is 0 Å². The lowest BCUT2D eigenvalue weighted by molar-refractivity contribution is -0.126. The third-order valence-corrected chi connectivity index (χ3v) is 6.71. The van der Waals surface area contributed by atoms with E-state index >= 15 is 0 Å². The van der Waals surface area contributed by atoms with Gasteiger partial charge in [0.15, 0.2) is 0 Å². The average Bonchev–Trinajstić information content (AvgIpc) is 3.26. The number of hydrogen-bond acceptors (Lipinski definition) is 3. The van der Waals surface area contributed by atoms with Crippen LogP contribution < -0.4 is 10.2 Å². The van der Waals surface area contributed by atoms with E-state index in [4.69, 9.17) is 11.6 Å². The molecule has 1 N–H and O–H groups in total. The number of carbonyl (C=O) groups is 1. The first kappa shape index (κ1) is 20.2. The molecule has 0 atom stereocenters. The van der Waals surface area contributed by atoms with Crippen molar-refractivity contribution in [1.82, 2.24) is 10.2 Å². The Labute approximate surface area is 178 Å². The van der Waals surface area contributed by atoms with Crippen molar-refractivity contribution in [1.29, 1.82) is 0 Å². The zero-order chi connectivity index (χ0) is 20.1. The molecule has 2 aliphatic rings. The molecule has 2 aromatic carbocycles. The molecule has 1 saturated carbocycles. The van der Waals surface area contributed by atoms with Crippen LogP contribution in [0, 0.1) is 0 Å². The van der Waals surface area contributed by atoms with Crippen LogP contribution in [0.5, 0.6) is 0 Å². The molecule has 1 heterocycles. The lowest BCUT2D eigenvalue weighted by atomic mass is 9.78. The number of nitrogens with one attached hydrogen (secondary N) is 1. The molecule has 0 aromatic heterocycles. The Kier molecular flexibility index (Phi) is 6.41. The molecule has 4 rings (SSSR count). The van der Waals surface area contributed by atoms with Gasteiger partial charge in [-0.25, -0.2) is 0 Å². The van der Waals surface area contributed by atoms with Gasteiger partial charge in [-0.3, -0.25) is 9.69 Å². The molecule has 2 aromatic rings. The molecule has 0 spiro atoms. The smallest absolute Gasteiger partial charge is 0.230 e. The van der Waals surface area contributed by atoms with E-state index in [1.807, 2.05) is 18.2 Å². The fourth-order valence-electron chi connectivity index (χ4n) is 4.78. The van der Waals surface area contributed by atoms with Gasteiger partial charge in [-0.2, -0.15) is 0 Å². The van der Waals surface area contributed by atoms with Gasteiger partial charge in [0.1, 0.15) is 0 Å². The largest absolute Gasteiger partial charge is 0.369 e. The van der Waals surface area contributed by atoms with Gasteiger partial charge in [0.25, 0.3) is 0 Å². The fraction of sp³-hybridized carbons (Fsp3) is 0.458. The molecule has 1 aliphatic carbocycles. The second-order valence-electron chi connectivity index (χ2n) is 8.22. The zero-order valence-electron chi connectivity index (χ0n) is 16.9. The predicted octanol–water partition coefficient (Wildman–Crippen LogP) is 4.09. The van der Waals surface area contributed by atoms with Gasteiger partial charge < -0.3 is 10.2 Å². The minimum Gasteiger partial charge on any atom is -0.369 e. The topological polar surface area (TPSA) is 35.6 Å². The van der Waals surface area contributed by atoms with Crippen LogP contribution in [0.1, 0.15) is 31.2 Å². The van der Waals surface area contributed by atoms with E-state index < -0.39 is 5.41 Å². The lowest BCUT2D eigenvalue weighted by Crippen LogP contribution is -2.50. The summed E-state index contributed by atoms with van der Waals surface area (Å²) >= 11 is 6.21. The van der Waals surface area contributed by atoms with Crippen LogP contribution in [0.4, 0.5) is 5.69 Å². The van der Waals surface area contributed by atoms with E-state index in [0.29, 0.717) is 11.6 Å². The monoisotopic (exact) mass is 411 g/mol. The van der Waals surface area contributed by atoms with Gasteiger partial charge in [0, 0.05) is 50.0 Å². The highest BCUT2D eigenvalue weighted by molar-refractivity contribution is 6.30. The summed E-state index contributed by atoms with van der Waals surface area (Å²) in [5.74, 6) is 0.167. The summed E-state index contributed by atoms with van der Waals surface area (Å²) in [6, 6.07) is 18.4.